The van der Waals surface area contributed by atoms with Crippen molar-refractivity contribution in [3.8, 4) is 0 Å². The molecule has 0 aliphatic rings. The van der Waals surface area contributed by atoms with Crippen LogP contribution < -0.4 is 21.6 Å². The molecule has 2 atom stereocenters. The molecule has 1 aromatic carbocycles. The van der Waals surface area contributed by atoms with Gasteiger partial charge in [0.2, 0.25) is 0 Å². The van der Waals surface area contributed by atoms with Crippen molar-refractivity contribution >= 4 is 23.6 Å². The van der Waals surface area contributed by atoms with Crippen LogP contribution in [0, 0.1) is 11.8 Å². The predicted molar refractivity (Wildman–Crippen MR) is 118 cm³/mol. The largest absolute Gasteiger partial charge is 0.357 e. The molecule has 0 aliphatic heterocycles. The van der Waals surface area contributed by atoms with Crippen molar-refractivity contribution in [2.45, 2.75) is 52.7 Å². The highest BCUT2D eigenvalue weighted by Crippen LogP contribution is 2.11. The third-order valence-electron chi connectivity index (χ3n) is 4.42. The summed E-state index contributed by atoms with van der Waals surface area (Å²) in [6.07, 6.45) is -0.844. The van der Waals surface area contributed by atoms with E-state index >= 15 is 0 Å². The molecule has 1 rings (SSSR count). The number of rotatable bonds is 12. The maximum atomic E-state index is 12.5. The van der Waals surface area contributed by atoms with Gasteiger partial charge in [0.05, 0.1) is 0 Å². The summed E-state index contributed by atoms with van der Waals surface area (Å²) in [6.45, 7) is 7.73. The molecule has 4 amide bonds. The fourth-order valence-electron chi connectivity index (χ4n) is 2.76. The lowest BCUT2D eigenvalue weighted by molar-refractivity contribution is -0.137. The van der Waals surface area contributed by atoms with Crippen LogP contribution >= 0.6 is 0 Å². The summed E-state index contributed by atoms with van der Waals surface area (Å²) >= 11 is 0. The van der Waals surface area contributed by atoms with E-state index in [-0.39, 0.29) is 34.8 Å². The summed E-state index contributed by atoms with van der Waals surface area (Å²) in [4.78, 5) is 59.3. The number of likely N-dealkylation sites (N-methyl/N-ethyl adjacent to an activating group) is 2. The van der Waals surface area contributed by atoms with Gasteiger partial charge >= 0.3 is 0 Å². The lowest BCUT2D eigenvalue weighted by atomic mass is 10.1. The third kappa shape index (κ3) is 9.03. The number of benzene rings is 1. The van der Waals surface area contributed by atoms with Gasteiger partial charge < -0.3 is 10.6 Å². The first-order valence-electron chi connectivity index (χ1n) is 10.5. The van der Waals surface area contributed by atoms with Crippen LogP contribution in [0.3, 0.4) is 0 Å². The van der Waals surface area contributed by atoms with Gasteiger partial charge in [0.25, 0.3) is 23.6 Å². The van der Waals surface area contributed by atoms with E-state index in [2.05, 4.69) is 21.6 Å². The first-order valence-corrected chi connectivity index (χ1v) is 10.5. The van der Waals surface area contributed by atoms with E-state index < -0.39 is 24.0 Å². The number of amides is 4. The van der Waals surface area contributed by atoms with Crippen LogP contribution in [0.15, 0.2) is 24.3 Å². The van der Waals surface area contributed by atoms with E-state index in [4.69, 9.17) is 9.68 Å². The lowest BCUT2D eigenvalue weighted by Gasteiger charge is -2.18. The smallest absolute Gasteiger partial charge is 0.274 e. The van der Waals surface area contributed by atoms with Gasteiger partial charge in [-0.3, -0.25) is 28.9 Å². The average molecular weight is 451 g/mol. The first-order chi connectivity index (χ1) is 15.1. The second-order valence-corrected chi connectivity index (χ2v) is 8.14. The quantitative estimate of drug-likeness (QED) is 0.355. The van der Waals surface area contributed by atoms with Crippen LogP contribution in [0.2, 0.25) is 0 Å². The molecule has 32 heavy (non-hydrogen) atoms. The topological polar surface area (TPSA) is 135 Å². The SMILES string of the molecule is CNC(=O)[C@@H](CC(C)C)ONC(=O)c1cccc(C(=O)NO[C@H](CC(C)C)C(=O)NC)c1. The monoisotopic (exact) mass is 450 g/mol. The predicted octanol–water partition coefficient (Wildman–Crippen LogP) is 1.33. The van der Waals surface area contributed by atoms with Crippen molar-refractivity contribution in [3.05, 3.63) is 35.4 Å². The van der Waals surface area contributed by atoms with E-state index in [1.807, 2.05) is 27.7 Å². The van der Waals surface area contributed by atoms with Gasteiger partial charge in [-0.2, -0.15) is 0 Å². The Morgan fingerprint density at radius 1 is 0.750 bits per heavy atom. The molecule has 0 bridgehead atoms. The number of carbonyl (C=O) groups excluding carboxylic acids is 4. The molecular formula is C22H34N4O6. The van der Waals surface area contributed by atoms with Crippen LogP contribution in [0.5, 0.6) is 0 Å². The Hall–Kier alpha value is -2.98. The van der Waals surface area contributed by atoms with Crippen LogP contribution in [-0.2, 0) is 19.3 Å². The van der Waals surface area contributed by atoms with Crippen LogP contribution in [0.25, 0.3) is 0 Å². The first kappa shape index (κ1) is 27.1. The Labute approximate surface area is 188 Å². The highest BCUT2D eigenvalue weighted by atomic mass is 16.7. The molecular weight excluding hydrogens is 416 g/mol. The molecule has 4 N–H and O–H groups in total. The van der Waals surface area contributed by atoms with Crippen molar-refractivity contribution < 1.29 is 28.9 Å². The molecule has 0 radical (unpaired) electrons. The van der Waals surface area contributed by atoms with E-state index in [0.29, 0.717) is 12.8 Å². The van der Waals surface area contributed by atoms with E-state index in [1.54, 1.807) is 0 Å². The van der Waals surface area contributed by atoms with Crippen LogP contribution in [-0.4, -0.2) is 49.9 Å². The van der Waals surface area contributed by atoms with Crippen LogP contribution in [0.1, 0.15) is 61.3 Å². The molecule has 0 fully saturated rings. The molecule has 10 nitrogen and oxygen atoms in total. The van der Waals surface area contributed by atoms with Gasteiger partial charge in [0.15, 0.2) is 12.2 Å². The van der Waals surface area contributed by atoms with Crippen molar-refractivity contribution in [2.75, 3.05) is 14.1 Å². The number of nitrogens with one attached hydrogen (secondary N) is 4. The number of carbonyl (C=O) groups is 4. The molecule has 0 heterocycles. The number of hydrogen-bond acceptors (Lipinski definition) is 6. The Kier molecular flexibility index (Phi) is 11.4. The number of hydrogen-bond donors (Lipinski definition) is 4. The maximum absolute atomic E-state index is 12.5. The maximum Gasteiger partial charge on any atom is 0.274 e. The minimum absolute atomic E-state index is 0.155. The Bertz CT molecular complexity index is 735. The Morgan fingerprint density at radius 3 is 1.44 bits per heavy atom. The normalized spacial score (nSPS) is 12.8. The third-order valence-corrected chi connectivity index (χ3v) is 4.42. The summed E-state index contributed by atoms with van der Waals surface area (Å²) in [6, 6.07) is 5.88. The highest BCUT2D eigenvalue weighted by molar-refractivity contribution is 5.99. The van der Waals surface area contributed by atoms with Gasteiger partial charge in [-0.25, -0.2) is 11.0 Å². The molecule has 0 unspecified atom stereocenters. The van der Waals surface area contributed by atoms with E-state index in [9.17, 15) is 19.2 Å². The van der Waals surface area contributed by atoms with E-state index in [1.165, 1.54) is 38.4 Å². The molecule has 178 valence electrons. The minimum Gasteiger partial charge on any atom is -0.357 e. The summed E-state index contributed by atoms with van der Waals surface area (Å²) in [5.41, 5.74) is 4.84. The second kappa shape index (κ2) is 13.4. The Morgan fingerprint density at radius 2 is 1.12 bits per heavy atom. The van der Waals surface area contributed by atoms with Crippen molar-refractivity contribution in [2.24, 2.45) is 11.8 Å². The molecule has 0 aromatic heterocycles. The Balaban J connectivity index is 2.78. The molecule has 0 saturated heterocycles. The van der Waals surface area contributed by atoms with Gasteiger partial charge in [-0.15, -0.1) is 0 Å². The summed E-state index contributed by atoms with van der Waals surface area (Å²) in [5, 5.41) is 4.99. The molecule has 0 saturated carbocycles. The zero-order valence-corrected chi connectivity index (χ0v) is 19.5. The fraction of sp³-hybridized carbons (Fsp3) is 0.545. The fourth-order valence-corrected chi connectivity index (χ4v) is 2.76. The zero-order chi connectivity index (χ0) is 24.3. The molecule has 0 spiro atoms. The van der Waals surface area contributed by atoms with Crippen molar-refractivity contribution in [1.82, 2.24) is 21.6 Å². The summed E-state index contributed by atoms with van der Waals surface area (Å²) in [7, 11) is 2.97. The van der Waals surface area contributed by atoms with Gasteiger partial charge in [0, 0.05) is 25.2 Å². The number of hydroxylamine groups is 2. The van der Waals surface area contributed by atoms with Gasteiger partial charge in [-0.05, 0) is 42.9 Å². The molecule has 10 heteroatoms. The molecule has 0 aliphatic carbocycles. The zero-order valence-electron chi connectivity index (χ0n) is 19.5. The second-order valence-electron chi connectivity index (χ2n) is 8.14. The molecule has 1 aromatic rings. The van der Waals surface area contributed by atoms with Gasteiger partial charge in [-0.1, -0.05) is 33.8 Å². The highest BCUT2D eigenvalue weighted by Gasteiger charge is 2.23. The average Bonchev–Trinajstić information content (AvgIpc) is 2.77. The van der Waals surface area contributed by atoms with Crippen molar-refractivity contribution in [1.29, 1.82) is 0 Å². The minimum atomic E-state index is -0.841. The lowest BCUT2D eigenvalue weighted by Crippen LogP contribution is -2.41. The summed E-state index contributed by atoms with van der Waals surface area (Å²) in [5.74, 6) is -1.57. The van der Waals surface area contributed by atoms with Crippen molar-refractivity contribution in [3.63, 3.8) is 0 Å². The summed E-state index contributed by atoms with van der Waals surface area (Å²) < 4.78 is 0. The standard InChI is InChI=1S/C22H34N4O6/c1-13(2)10-17(21(29)23-5)31-25-19(27)15-8-7-9-16(12-15)20(28)26-32-18(11-14(3)4)22(30)24-6/h7-9,12-14,17-18H,10-11H2,1-6H3,(H,23,29)(H,24,30)(H,25,27)(H,26,28)/t17-,18-/m1/s1. The van der Waals surface area contributed by atoms with E-state index in [0.717, 1.165) is 0 Å². The van der Waals surface area contributed by atoms with Crippen LogP contribution in [0.4, 0.5) is 0 Å². The van der Waals surface area contributed by atoms with Gasteiger partial charge in [0.1, 0.15) is 0 Å².